The monoisotopic (exact) mass is 334 g/mol. The lowest BCUT2D eigenvalue weighted by Crippen LogP contribution is -2.26. The van der Waals surface area contributed by atoms with Crippen LogP contribution in [0, 0.1) is 0 Å². The second-order valence-corrected chi connectivity index (χ2v) is 7.02. The maximum absolute atomic E-state index is 11.8. The van der Waals surface area contributed by atoms with Crippen molar-refractivity contribution in [2.24, 2.45) is 0 Å². The molecule has 0 radical (unpaired) electrons. The van der Waals surface area contributed by atoms with Gasteiger partial charge in [-0.3, -0.25) is 0 Å². The molecule has 4 nitrogen and oxygen atoms in total. The van der Waals surface area contributed by atoms with Gasteiger partial charge in [0, 0.05) is 6.07 Å². The van der Waals surface area contributed by atoms with E-state index in [2.05, 4.69) is 26.8 Å². The number of unbranched alkanes of at least 4 members (excludes halogenated alkanes) is 1. The highest BCUT2D eigenvalue weighted by atomic mass is 16.7. The Morgan fingerprint density at radius 2 is 1.92 bits per heavy atom. The van der Waals surface area contributed by atoms with Gasteiger partial charge in [-0.05, 0) is 59.1 Å². The maximum Gasteiger partial charge on any atom is 0.514 e. The molecule has 0 bridgehead atoms. The second kappa shape index (κ2) is 9.36. The molecule has 0 heterocycles. The van der Waals surface area contributed by atoms with E-state index in [1.807, 2.05) is 6.07 Å². The number of hydrogen-bond donors (Lipinski definition) is 0. The Labute approximate surface area is 145 Å². The van der Waals surface area contributed by atoms with Crippen molar-refractivity contribution >= 4 is 6.16 Å². The van der Waals surface area contributed by atoms with E-state index < -0.39 is 11.8 Å². The summed E-state index contributed by atoms with van der Waals surface area (Å²) in [6.07, 6.45) is 4.28. The Morgan fingerprint density at radius 1 is 1.21 bits per heavy atom. The minimum absolute atomic E-state index is 0.427. The molecule has 1 aromatic carbocycles. The molecule has 0 saturated heterocycles. The first-order chi connectivity index (χ1) is 11.2. The van der Waals surface area contributed by atoms with Gasteiger partial charge in [0.1, 0.15) is 17.1 Å². The molecule has 1 aromatic rings. The zero-order valence-electron chi connectivity index (χ0n) is 15.8. The van der Waals surface area contributed by atoms with Crippen LogP contribution in [0.15, 0.2) is 29.8 Å². The van der Waals surface area contributed by atoms with E-state index >= 15 is 0 Å². The van der Waals surface area contributed by atoms with E-state index in [1.54, 1.807) is 32.9 Å². The highest BCUT2D eigenvalue weighted by Gasteiger charge is 2.18. The van der Waals surface area contributed by atoms with Gasteiger partial charge in [0.25, 0.3) is 0 Å². The van der Waals surface area contributed by atoms with E-state index in [9.17, 15) is 4.79 Å². The minimum Gasteiger partial charge on any atom is -0.493 e. The highest BCUT2D eigenvalue weighted by molar-refractivity contribution is 5.64. The number of allylic oxidation sites excluding steroid dienone is 2. The fraction of sp³-hybridized carbons (Fsp3) is 0.550. The van der Waals surface area contributed by atoms with Crippen LogP contribution in [-0.2, 0) is 11.2 Å². The number of benzene rings is 1. The quantitative estimate of drug-likeness (QED) is 0.278. The van der Waals surface area contributed by atoms with Crippen molar-refractivity contribution in [1.29, 1.82) is 0 Å². The summed E-state index contributed by atoms with van der Waals surface area (Å²) in [5.74, 6) is 1.18. The van der Waals surface area contributed by atoms with Gasteiger partial charge in [-0.1, -0.05) is 31.1 Å². The van der Waals surface area contributed by atoms with Crippen molar-refractivity contribution < 1.29 is 19.0 Å². The predicted molar refractivity (Wildman–Crippen MR) is 96.8 cm³/mol. The number of carbonyl (C=O) groups is 1. The van der Waals surface area contributed by atoms with Crippen molar-refractivity contribution in [3.8, 4) is 11.5 Å². The third-order valence-electron chi connectivity index (χ3n) is 3.12. The summed E-state index contributed by atoms with van der Waals surface area (Å²) in [5.41, 5.74) is 1.74. The molecule has 1 rings (SSSR count). The van der Waals surface area contributed by atoms with E-state index in [1.165, 1.54) is 5.57 Å². The van der Waals surface area contributed by atoms with Crippen molar-refractivity contribution in [2.75, 3.05) is 6.61 Å². The summed E-state index contributed by atoms with van der Waals surface area (Å²) in [5, 5.41) is 0. The van der Waals surface area contributed by atoms with Crippen LogP contribution in [0.1, 0.15) is 59.9 Å². The molecule has 0 aromatic heterocycles. The molecule has 24 heavy (non-hydrogen) atoms. The molecule has 0 N–H and O–H groups in total. The molecule has 0 aliphatic rings. The fourth-order valence-corrected chi connectivity index (χ4v) is 1.91. The highest BCUT2D eigenvalue weighted by Crippen LogP contribution is 2.27. The van der Waals surface area contributed by atoms with Crippen LogP contribution < -0.4 is 9.47 Å². The standard InChI is InChI=1S/C20H30O4/c1-7-8-13-22-18-14-17(23-19(21)24-20(4,5)6)12-11-16(18)10-9-15(2)3/h9,11-12,14H,7-8,10,13H2,1-6H3. The first-order valence-electron chi connectivity index (χ1n) is 8.51. The summed E-state index contributed by atoms with van der Waals surface area (Å²) in [6.45, 7) is 12.3. The molecule has 0 atom stereocenters. The number of hydrogen-bond acceptors (Lipinski definition) is 4. The van der Waals surface area contributed by atoms with E-state index in [0.717, 1.165) is 30.6 Å². The van der Waals surface area contributed by atoms with Gasteiger partial charge in [-0.25, -0.2) is 4.79 Å². The molecule has 0 fully saturated rings. The lowest BCUT2D eigenvalue weighted by molar-refractivity contribution is 0.0206. The van der Waals surface area contributed by atoms with Crippen LogP contribution in [0.25, 0.3) is 0 Å². The summed E-state index contributed by atoms with van der Waals surface area (Å²) < 4.78 is 16.3. The normalized spacial score (nSPS) is 10.9. The Bertz CT molecular complexity index is 563. The van der Waals surface area contributed by atoms with Crippen LogP contribution in [0.4, 0.5) is 4.79 Å². The van der Waals surface area contributed by atoms with Crippen molar-refractivity contribution in [3.05, 3.63) is 35.4 Å². The lowest BCUT2D eigenvalue weighted by Gasteiger charge is -2.19. The zero-order chi connectivity index (χ0) is 18.2. The first-order valence-corrected chi connectivity index (χ1v) is 8.51. The molecule has 0 aliphatic heterocycles. The van der Waals surface area contributed by atoms with Crippen LogP contribution in [0.2, 0.25) is 0 Å². The van der Waals surface area contributed by atoms with Crippen molar-refractivity contribution in [2.45, 2.75) is 66.4 Å². The lowest BCUT2D eigenvalue weighted by atomic mass is 10.1. The predicted octanol–water partition coefficient (Wildman–Crippen LogP) is 5.69. The second-order valence-electron chi connectivity index (χ2n) is 7.02. The molecule has 0 spiro atoms. The van der Waals surface area contributed by atoms with Gasteiger partial charge in [0.15, 0.2) is 0 Å². The molecular weight excluding hydrogens is 304 g/mol. The number of rotatable bonds is 7. The Hall–Kier alpha value is -1.97. The Morgan fingerprint density at radius 3 is 2.50 bits per heavy atom. The molecular formula is C20H30O4. The molecule has 0 aliphatic carbocycles. The van der Waals surface area contributed by atoms with Crippen molar-refractivity contribution in [1.82, 2.24) is 0 Å². The molecule has 0 amide bonds. The summed E-state index contributed by atoms with van der Waals surface area (Å²) in [4.78, 5) is 11.8. The summed E-state index contributed by atoms with van der Waals surface area (Å²) in [7, 11) is 0. The SMILES string of the molecule is CCCCOc1cc(OC(=O)OC(C)(C)C)ccc1CC=C(C)C. The van der Waals surface area contributed by atoms with Crippen LogP contribution in [0.3, 0.4) is 0 Å². The number of ether oxygens (including phenoxy) is 3. The van der Waals surface area contributed by atoms with Crippen LogP contribution in [0.5, 0.6) is 11.5 Å². The smallest absolute Gasteiger partial charge is 0.493 e. The summed E-state index contributed by atoms with van der Waals surface area (Å²) in [6, 6.07) is 5.46. The van der Waals surface area contributed by atoms with E-state index in [0.29, 0.717) is 12.4 Å². The summed E-state index contributed by atoms with van der Waals surface area (Å²) >= 11 is 0. The van der Waals surface area contributed by atoms with Gasteiger partial charge in [0.05, 0.1) is 6.61 Å². The Balaban J connectivity index is 2.88. The van der Waals surface area contributed by atoms with Crippen LogP contribution in [-0.4, -0.2) is 18.4 Å². The third kappa shape index (κ3) is 8.04. The zero-order valence-corrected chi connectivity index (χ0v) is 15.8. The fourth-order valence-electron chi connectivity index (χ4n) is 1.91. The first kappa shape index (κ1) is 20.1. The molecule has 134 valence electrons. The molecule has 0 unspecified atom stereocenters. The third-order valence-corrected chi connectivity index (χ3v) is 3.12. The number of carbonyl (C=O) groups excluding carboxylic acids is 1. The van der Waals surface area contributed by atoms with E-state index in [-0.39, 0.29) is 0 Å². The molecule has 0 saturated carbocycles. The van der Waals surface area contributed by atoms with E-state index in [4.69, 9.17) is 14.2 Å². The average molecular weight is 334 g/mol. The topological polar surface area (TPSA) is 44.8 Å². The molecule has 4 heteroatoms. The largest absolute Gasteiger partial charge is 0.514 e. The van der Waals surface area contributed by atoms with Crippen molar-refractivity contribution in [3.63, 3.8) is 0 Å². The minimum atomic E-state index is -0.709. The van der Waals surface area contributed by atoms with Gasteiger partial charge >= 0.3 is 6.16 Å². The van der Waals surface area contributed by atoms with Gasteiger partial charge in [0.2, 0.25) is 0 Å². The van der Waals surface area contributed by atoms with Gasteiger partial charge in [-0.15, -0.1) is 0 Å². The van der Waals surface area contributed by atoms with Gasteiger partial charge in [-0.2, -0.15) is 0 Å². The Kier molecular flexibility index (Phi) is 7.83. The maximum atomic E-state index is 11.8. The van der Waals surface area contributed by atoms with Crippen LogP contribution >= 0.6 is 0 Å². The average Bonchev–Trinajstić information content (AvgIpc) is 2.44. The van der Waals surface area contributed by atoms with Gasteiger partial charge < -0.3 is 14.2 Å².